The minimum absolute atomic E-state index is 0.103. The number of unbranched alkanes of at least 4 members (excludes halogenated alkanes) is 9. The van der Waals surface area contributed by atoms with Gasteiger partial charge in [-0.3, -0.25) is 4.79 Å². The van der Waals surface area contributed by atoms with E-state index in [9.17, 15) is 14.7 Å². The monoisotopic (exact) mass is 336 g/mol. The largest absolute Gasteiger partial charge is 0.511 e. The summed E-state index contributed by atoms with van der Waals surface area (Å²) in [7, 11) is 0. The molecule has 0 amide bonds. The maximum atomic E-state index is 11.4. The van der Waals surface area contributed by atoms with Crippen LogP contribution in [0.4, 0.5) is 0 Å². The van der Waals surface area contributed by atoms with Crippen molar-refractivity contribution in [1.29, 1.82) is 0 Å². The number of hydrogen-bond donors (Lipinski definition) is 1. The zero-order valence-corrected chi connectivity index (χ0v) is 15.0. The molecule has 24 heavy (non-hydrogen) atoms. The van der Waals surface area contributed by atoms with Crippen molar-refractivity contribution >= 4 is 11.8 Å². The van der Waals surface area contributed by atoms with Gasteiger partial charge in [0.2, 0.25) is 5.78 Å². The normalized spacial score (nSPS) is 16.9. The maximum Gasteiger partial charge on any atom is 0.345 e. The predicted octanol–water partition coefficient (Wildman–Crippen LogP) is 5.18. The summed E-state index contributed by atoms with van der Waals surface area (Å²) in [5.74, 6) is -1.19. The van der Waals surface area contributed by atoms with Gasteiger partial charge in [0.25, 0.3) is 0 Å². The topological polar surface area (TPSA) is 63.6 Å². The van der Waals surface area contributed by atoms with Gasteiger partial charge in [-0.1, -0.05) is 57.6 Å². The number of cyclic esters (lactones) is 1. The van der Waals surface area contributed by atoms with E-state index in [0.717, 1.165) is 25.7 Å². The number of carbonyl (C=O) groups is 2. The minimum atomic E-state index is -0.681. The van der Waals surface area contributed by atoms with Crippen molar-refractivity contribution in [2.45, 2.75) is 84.0 Å². The van der Waals surface area contributed by atoms with Gasteiger partial charge in [0, 0.05) is 6.42 Å². The zero-order chi connectivity index (χ0) is 17.6. The van der Waals surface area contributed by atoms with Crippen molar-refractivity contribution in [1.82, 2.24) is 0 Å². The van der Waals surface area contributed by atoms with E-state index in [4.69, 9.17) is 0 Å². The fourth-order valence-electron chi connectivity index (χ4n) is 2.80. The second-order valence-electron chi connectivity index (χ2n) is 6.45. The number of aliphatic hydroxyl groups is 1. The summed E-state index contributed by atoms with van der Waals surface area (Å²) in [5, 5.41) is 9.82. The van der Waals surface area contributed by atoms with Crippen molar-refractivity contribution in [2.75, 3.05) is 6.61 Å². The minimum Gasteiger partial charge on any atom is -0.511 e. The average molecular weight is 336 g/mol. The van der Waals surface area contributed by atoms with Gasteiger partial charge in [-0.25, -0.2) is 4.79 Å². The van der Waals surface area contributed by atoms with Crippen LogP contribution in [0.1, 0.15) is 84.0 Å². The van der Waals surface area contributed by atoms with E-state index < -0.39 is 11.8 Å². The number of hydrogen-bond acceptors (Lipinski definition) is 4. The van der Waals surface area contributed by atoms with E-state index in [1.54, 1.807) is 0 Å². The predicted molar refractivity (Wildman–Crippen MR) is 95.8 cm³/mol. The molecule has 0 aliphatic carbocycles. The van der Waals surface area contributed by atoms with Gasteiger partial charge in [0.1, 0.15) is 11.3 Å². The quantitative estimate of drug-likeness (QED) is 0.126. The van der Waals surface area contributed by atoms with E-state index in [1.165, 1.54) is 44.9 Å². The van der Waals surface area contributed by atoms with Crippen molar-refractivity contribution in [3.63, 3.8) is 0 Å². The molecule has 0 atom stereocenters. The Labute approximate surface area is 146 Å². The number of ketones is 1. The molecular weight excluding hydrogens is 304 g/mol. The SMILES string of the molecule is CCCCCCC=CCCCCCCCC(O)=C1C(=O)COC1=O. The van der Waals surface area contributed by atoms with Crippen LogP contribution in [0.15, 0.2) is 23.5 Å². The molecule has 0 unspecified atom stereocenters. The molecule has 0 bridgehead atoms. The molecule has 4 nitrogen and oxygen atoms in total. The maximum absolute atomic E-state index is 11.4. The number of esters is 1. The van der Waals surface area contributed by atoms with Crippen LogP contribution in [0.5, 0.6) is 0 Å². The van der Waals surface area contributed by atoms with Crippen LogP contribution in [0.3, 0.4) is 0 Å². The molecule has 136 valence electrons. The first-order valence-electron chi connectivity index (χ1n) is 9.44. The molecule has 0 aromatic heterocycles. The second-order valence-corrected chi connectivity index (χ2v) is 6.45. The molecule has 0 saturated carbocycles. The molecule has 0 aromatic rings. The molecule has 1 rings (SSSR count). The van der Waals surface area contributed by atoms with E-state index in [2.05, 4.69) is 23.8 Å². The highest BCUT2D eigenvalue weighted by atomic mass is 16.5. The fourth-order valence-corrected chi connectivity index (χ4v) is 2.80. The van der Waals surface area contributed by atoms with Gasteiger partial charge in [-0.2, -0.15) is 0 Å². The fraction of sp³-hybridized carbons (Fsp3) is 0.700. The Morgan fingerprint density at radius 2 is 1.54 bits per heavy atom. The molecule has 4 heteroatoms. The van der Waals surface area contributed by atoms with Crippen LogP contribution in [-0.4, -0.2) is 23.5 Å². The van der Waals surface area contributed by atoms with Crippen LogP contribution in [0.2, 0.25) is 0 Å². The third-order valence-corrected chi connectivity index (χ3v) is 4.28. The highest BCUT2D eigenvalue weighted by molar-refractivity contribution is 6.22. The Morgan fingerprint density at radius 1 is 0.958 bits per heavy atom. The molecule has 1 N–H and O–H groups in total. The lowest BCUT2D eigenvalue weighted by Crippen LogP contribution is -2.05. The molecule has 0 aromatic carbocycles. The van der Waals surface area contributed by atoms with Gasteiger partial charge in [-0.05, 0) is 32.1 Å². The van der Waals surface area contributed by atoms with Gasteiger partial charge in [0.15, 0.2) is 6.61 Å². The smallest absolute Gasteiger partial charge is 0.345 e. The molecule has 0 spiro atoms. The van der Waals surface area contributed by atoms with Gasteiger partial charge >= 0.3 is 5.97 Å². The first-order chi connectivity index (χ1) is 11.7. The Bertz CT molecular complexity index is 431. The van der Waals surface area contributed by atoms with E-state index in [0.29, 0.717) is 6.42 Å². The third kappa shape index (κ3) is 8.32. The van der Waals surface area contributed by atoms with Crippen molar-refractivity contribution in [2.24, 2.45) is 0 Å². The van der Waals surface area contributed by atoms with Gasteiger partial charge < -0.3 is 9.84 Å². The van der Waals surface area contributed by atoms with Crippen LogP contribution < -0.4 is 0 Å². The molecule has 1 saturated heterocycles. The second kappa shape index (κ2) is 12.8. The molecule has 1 heterocycles. The number of ether oxygens (including phenoxy) is 1. The summed E-state index contributed by atoms with van der Waals surface area (Å²) >= 11 is 0. The molecule has 1 fully saturated rings. The summed E-state index contributed by atoms with van der Waals surface area (Å²) in [6, 6.07) is 0. The lowest BCUT2D eigenvalue weighted by Gasteiger charge is -2.02. The van der Waals surface area contributed by atoms with Crippen LogP contribution in [0.25, 0.3) is 0 Å². The molecule has 1 aliphatic rings. The first-order valence-corrected chi connectivity index (χ1v) is 9.44. The number of Topliss-reactive ketones (excluding diaryl/α,β-unsaturated/α-hetero) is 1. The number of carbonyl (C=O) groups excluding carboxylic acids is 2. The summed E-state index contributed by atoms with van der Waals surface area (Å²) in [6.07, 6.45) is 17.9. The molecular formula is C20H32O4. The van der Waals surface area contributed by atoms with E-state index in [-0.39, 0.29) is 17.9 Å². The molecule has 1 aliphatic heterocycles. The summed E-state index contributed by atoms with van der Waals surface area (Å²) < 4.78 is 4.60. The van der Waals surface area contributed by atoms with Crippen molar-refractivity contribution < 1.29 is 19.4 Å². The Kier molecular flexibility index (Phi) is 10.9. The highest BCUT2D eigenvalue weighted by Crippen LogP contribution is 2.18. The van der Waals surface area contributed by atoms with Crippen LogP contribution in [-0.2, 0) is 14.3 Å². The average Bonchev–Trinajstić information content (AvgIpc) is 2.90. The summed E-state index contributed by atoms with van der Waals surface area (Å²) in [5.41, 5.74) is -0.140. The number of aliphatic hydroxyl groups excluding tert-OH is 1. The summed E-state index contributed by atoms with van der Waals surface area (Å²) in [4.78, 5) is 22.7. The van der Waals surface area contributed by atoms with E-state index >= 15 is 0 Å². The van der Waals surface area contributed by atoms with Gasteiger partial charge in [0.05, 0.1) is 0 Å². The summed E-state index contributed by atoms with van der Waals surface area (Å²) in [6.45, 7) is 2.00. The number of rotatable bonds is 13. The number of allylic oxidation sites excluding steroid dienone is 3. The Hall–Kier alpha value is -1.58. The Morgan fingerprint density at radius 3 is 2.12 bits per heavy atom. The first kappa shape index (κ1) is 20.5. The standard InChI is InChI=1S/C20H32O4/c1-2-3-4-5-6-7-8-9-10-11-12-13-14-15-17(21)19-18(22)16-24-20(19)23/h7-8,21H,2-6,9-16H2,1H3. The van der Waals surface area contributed by atoms with E-state index in [1.807, 2.05) is 0 Å². The third-order valence-electron chi connectivity index (χ3n) is 4.28. The van der Waals surface area contributed by atoms with Crippen molar-refractivity contribution in [3.8, 4) is 0 Å². The van der Waals surface area contributed by atoms with Crippen LogP contribution in [0, 0.1) is 0 Å². The van der Waals surface area contributed by atoms with Gasteiger partial charge in [-0.15, -0.1) is 0 Å². The van der Waals surface area contributed by atoms with Crippen LogP contribution >= 0.6 is 0 Å². The Balaban J connectivity index is 1.97. The molecule has 0 radical (unpaired) electrons. The van der Waals surface area contributed by atoms with Crippen molar-refractivity contribution in [3.05, 3.63) is 23.5 Å². The zero-order valence-electron chi connectivity index (χ0n) is 15.0. The lowest BCUT2D eigenvalue weighted by atomic mass is 10.1. The highest BCUT2D eigenvalue weighted by Gasteiger charge is 2.31. The lowest BCUT2D eigenvalue weighted by molar-refractivity contribution is -0.135.